The topological polar surface area (TPSA) is 381 Å². The van der Waals surface area contributed by atoms with Gasteiger partial charge in [0.2, 0.25) is 13.1 Å². The first kappa shape index (κ1) is 98.4. The predicted molar refractivity (Wildman–Crippen MR) is 358 cm³/mol. The van der Waals surface area contributed by atoms with Crippen LogP contribution in [-0.4, -0.2) is 123 Å². The number of benzene rings is 2. The fraction of sp³-hybridized carbons (Fsp3) is 0.638. The van der Waals surface area contributed by atoms with Crippen molar-refractivity contribution in [2.24, 2.45) is 11.7 Å². The number of aliphatic hydroxyl groups excluding tert-OH is 1. The fourth-order valence-corrected chi connectivity index (χ4v) is 6.06. The third-order valence-corrected chi connectivity index (χ3v) is 10.9. The van der Waals surface area contributed by atoms with E-state index in [0.29, 0.717) is 139 Å². The van der Waals surface area contributed by atoms with Crippen molar-refractivity contribution in [1.29, 1.82) is 57.9 Å². The van der Waals surface area contributed by atoms with Gasteiger partial charge in [0, 0.05) is 90.4 Å². The molecule has 2 aromatic carbocycles. The summed E-state index contributed by atoms with van der Waals surface area (Å²) in [6.07, 6.45) is 19.7. The minimum absolute atomic E-state index is 0.0174. The predicted octanol–water partition coefficient (Wildman–Crippen LogP) is 12.8. The van der Waals surface area contributed by atoms with Crippen LogP contribution in [0, 0.1) is 144 Å². The van der Waals surface area contributed by atoms with Gasteiger partial charge in [0.15, 0.2) is 11.5 Å². The highest BCUT2D eigenvalue weighted by Crippen LogP contribution is 2.27. The van der Waals surface area contributed by atoms with E-state index in [4.69, 9.17) is 101 Å². The monoisotopic (exact) mass is 1250 g/mol. The second kappa shape index (κ2) is 97.4. The molecule has 1 fully saturated rings. The lowest BCUT2D eigenvalue weighted by molar-refractivity contribution is 0.0982. The van der Waals surface area contributed by atoms with E-state index in [9.17, 15) is 0 Å². The highest BCUT2D eigenvalue weighted by Gasteiger charge is 2.11. The minimum atomic E-state index is -0.0174. The third-order valence-electron chi connectivity index (χ3n) is 10.9. The van der Waals surface area contributed by atoms with E-state index in [1.54, 1.807) is 38.5 Å². The normalized spacial score (nSPS) is 9.87. The van der Waals surface area contributed by atoms with Crippen molar-refractivity contribution in [2.45, 2.75) is 175 Å². The molecule has 0 bridgehead atoms. The van der Waals surface area contributed by atoms with Gasteiger partial charge in [0.05, 0.1) is 139 Å². The summed E-state index contributed by atoms with van der Waals surface area (Å²) in [4.78, 5) is 8.28. The van der Waals surface area contributed by atoms with E-state index in [0.717, 1.165) is 44.5 Å². The number of nitriles is 11. The van der Waals surface area contributed by atoms with Crippen LogP contribution in [0.5, 0.6) is 11.5 Å². The van der Waals surface area contributed by atoms with E-state index in [1.807, 2.05) is 99.6 Å². The molecule has 22 heteroatoms. The van der Waals surface area contributed by atoms with Gasteiger partial charge in [-0.3, -0.25) is 0 Å². The first-order valence-electron chi connectivity index (χ1n) is 30.9. The molecule has 0 amide bonds. The van der Waals surface area contributed by atoms with Gasteiger partial charge < -0.3 is 55.0 Å². The molecule has 1 aliphatic carbocycles. The maximum Gasteiger partial charge on any atom is 0.226 e. The largest absolute Gasteiger partial charge is 0.493 e. The van der Waals surface area contributed by atoms with E-state index < -0.39 is 0 Å². The molecule has 1 saturated carbocycles. The Bertz CT molecular complexity index is 2370. The van der Waals surface area contributed by atoms with Gasteiger partial charge in [-0.1, -0.05) is 83.6 Å². The number of methoxy groups -OCH3 is 2. The first-order chi connectivity index (χ1) is 44.3. The van der Waals surface area contributed by atoms with Gasteiger partial charge in [-0.25, -0.2) is 13.1 Å². The van der Waals surface area contributed by atoms with Crippen LogP contribution < -0.4 is 25.8 Å². The summed E-state index contributed by atoms with van der Waals surface area (Å²) in [5.41, 5.74) is 6.56. The lowest BCUT2D eigenvalue weighted by Crippen LogP contribution is -2.31. The molecule has 3 rings (SSSR count). The molecule has 91 heavy (non-hydrogen) atoms. The third kappa shape index (κ3) is 100. The molecule has 1 atom stereocenters. The Kier molecular flexibility index (Phi) is 105. The Morgan fingerprint density at radius 1 is 0.604 bits per heavy atom. The molecule has 5 N–H and O–H groups in total. The van der Waals surface area contributed by atoms with E-state index in [2.05, 4.69) is 58.4 Å². The van der Waals surface area contributed by atoms with Crippen LogP contribution in [0.4, 0.5) is 0 Å². The lowest BCUT2D eigenvalue weighted by atomic mass is 9.95. The van der Waals surface area contributed by atoms with Crippen molar-refractivity contribution in [3.63, 3.8) is 0 Å². The number of unbranched alkanes of at least 4 members (excludes halogenated alkanes) is 4. The number of ether oxygens (including phenoxy) is 4. The summed E-state index contributed by atoms with van der Waals surface area (Å²) in [5, 5.41) is 103. The number of rotatable bonds is 29. The summed E-state index contributed by atoms with van der Waals surface area (Å²) in [6, 6.07) is 37.4. The van der Waals surface area contributed by atoms with Crippen LogP contribution in [0.2, 0.25) is 0 Å². The van der Waals surface area contributed by atoms with Crippen LogP contribution in [0.25, 0.3) is 9.69 Å². The van der Waals surface area contributed by atoms with E-state index in [1.165, 1.54) is 57.8 Å². The second-order valence-electron chi connectivity index (χ2n) is 18.7. The Morgan fingerprint density at radius 3 is 1.56 bits per heavy atom. The SMILES string of the molecule is CCCC#N.CCCCC(CC)COCCC#N.CCOCCC#N.CN(C)CCC#N.COc1ccc(CC#N)cc1OC.N#CCCN.N#CCCNC1CCCCC1.N#CCCO.N#Cc1ccccc1.[C-]#[N+]CCCCC#N.[C-]#[N+]CCNCCC#N. The fourth-order valence-electron chi connectivity index (χ4n) is 6.06. The zero-order valence-electron chi connectivity index (χ0n) is 56.2. The summed E-state index contributed by atoms with van der Waals surface area (Å²) in [6.45, 7) is 28.5. The average Bonchev–Trinajstić information content (AvgIpc) is 2.04. The number of hydrogen-bond acceptors (Lipinski definition) is 20. The van der Waals surface area contributed by atoms with Crippen molar-refractivity contribution in [3.05, 3.63) is 82.5 Å². The van der Waals surface area contributed by atoms with Crippen molar-refractivity contribution >= 4 is 0 Å². The molecule has 0 aromatic heterocycles. The molecule has 0 saturated heterocycles. The Morgan fingerprint density at radius 2 is 1.16 bits per heavy atom. The molecule has 1 unspecified atom stereocenters. The summed E-state index contributed by atoms with van der Waals surface area (Å²) >= 11 is 0. The molecule has 0 spiro atoms. The molecule has 498 valence electrons. The van der Waals surface area contributed by atoms with Crippen LogP contribution in [-0.2, 0) is 15.9 Å². The smallest absolute Gasteiger partial charge is 0.226 e. The van der Waals surface area contributed by atoms with Crippen LogP contribution in [0.1, 0.15) is 174 Å². The molecule has 0 heterocycles. The van der Waals surface area contributed by atoms with Gasteiger partial charge >= 0.3 is 0 Å². The maximum absolute atomic E-state index is 8.49. The summed E-state index contributed by atoms with van der Waals surface area (Å²) in [7, 11) is 7.07. The zero-order valence-corrected chi connectivity index (χ0v) is 56.2. The maximum atomic E-state index is 8.49. The zero-order chi connectivity index (χ0) is 70.2. The number of nitrogens with one attached hydrogen (secondary N) is 2. The van der Waals surface area contributed by atoms with Gasteiger partial charge in [-0.2, -0.15) is 57.9 Å². The van der Waals surface area contributed by atoms with E-state index in [-0.39, 0.29) is 13.0 Å². The summed E-state index contributed by atoms with van der Waals surface area (Å²) in [5.74, 6) is 2.04. The van der Waals surface area contributed by atoms with Gasteiger partial charge in [0.1, 0.15) is 0 Å². The lowest BCUT2D eigenvalue weighted by Gasteiger charge is -2.22. The molecule has 0 radical (unpaired) electrons. The number of hydrogen-bond donors (Lipinski definition) is 4. The molecular formula is C69H107N17O5. The van der Waals surface area contributed by atoms with Crippen LogP contribution in [0.15, 0.2) is 48.5 Å². The second-order valence-corrected chi connectivity index (χ2v) is 18.7. The number of aliphatic hydroxyl groups is 1. The van der Waals surface area contributed by atoms with E-state index >= 15 is 0 Å². The molecular weight excluding hydrogens is 1150 g/mol. The minimum Gasteiger partial charge on any atom is -0.493 e. The highest BCUT2D eigenvalue weighted by molar-refractivity contribution is 5.43. The molecule has 22 nitrogen and oxygen atoms in total. The van der Waals surface area contributed by atoms with Crippen molar-refractivity contribution in [1.82, 2.24) is 15.5 Å². The summed E-state index contributed by atoms with van der Waals surface area (Å²) < 4.78 is 20.4. The first-order valence-corrected chi connectivity index (χ1v) is 30.9. The van der Waals surface area contributed by atoms with Crippen LogP contribution in [0.3, 0.4) is 0 Å². The molecule has 2 aromatic rings. The van der Waals surface area contributed by atoms with Crippen molar-refractivity contribution < 1.29 is 24.1 Å². The number of nitrogens with two attached hydrogens (primary N) is 1. The molecule has 0 aliphatic heterocycles. The van der Waals surface area contributed by atoms with Gasteiger partial charge in [0.25, 0.3) is 0 Å². The van der Waals surface area contributed by atoms with Gasteiger partial charge in [-0.15, -0.1) is 0 Å². The average molecular weight is 1250 g/mol. The standard InChI is InChI=1S/C11H21NO.C10H11NO2.C9H16N2.C7H5N.C6H9N3.C6H8N2.C5H10N2.C5H9NO.C4H7N.C3H6N2.C3H5NO/c1-3-5-7-11(4-2)10-13-9-6-8-12;1-12-9-4-3-8(5-6-11)7-10(9)13-2;10-7-4-8-11-9-5-2-1-3-6-9;8-6-7-4-2-1-3-5-7;1-8-5-6-9-4-2-3-7;1-8-6-4-2-3-5-7;1-7(2)5-3-4-6;1-2-7-5-3-4-6;1-2-3-4-5;2*4-2-1-3-5/h11H,3-7,9-10H2,1-2H3;3-4,7H,5H2,1-2H3;9,11H,1-6,8H2;1-5H;9H,2,4-6H2;2-4,6H2;3,5H2,1-2H3;2-3,5H2,1H3;2-3H2,1H3;1-2,4H2;5H,1,3H2. The van der Waals surface area contributed by atoms with Crippen LogP contribution >= 0.6 is 0 Å². The van der Waals surface area contributed by atoms with Crippen molar-refractivity contribution in [2.75, 3.05) is 107 Å². The quantitative estimate of drug-likeness (QED) is 0.0434. The molecule has 1 aliphatic rings. The Labute approximate surface area is 549 Å². The Balaban J connectivity index is -0.000000141. The number of nitrogens with zero attached hydrogens (tertiary/aromatic N) is 14. The highest BCUT2D eigenvalue weighted by atomic mass is 16.5. The van der Waals surface area contributed by atoms with Crippen molar-refractivity contribution in [3.8, 4) is 78.3 Å². The van der Waals surface area contributed by atoms with Gasteiger partial charge in [-0.05, 0) is 88.9 Å². The Hall–Kier alpha value is -8.87.